The van der Waals surface area contributed by atoms with Crippen LogP contribution in [0.5, 0.6) is 0 Å². The van der Waals surface area contributed by atoms with E-state index in [1.165, 1.54) is 0 Å². The van der Waals surface area contributed by atoms with Gasteiger partial charge in [-0.2, -0.15) is 8.42 Å². The first-order chi connectivity index (χ1) is 5.31. The van der Waals surface area contributed by atoms with Crippen molar-refractivity contribution < 1.29 is 32.8 Å². The molecule has 1 unspecified atom stereocenters. The second kappa shape index (κ2) is 7.49. The Morgan fingerprint density at radius 3 is 2.31 bits per heavy atom. The predicted octanol–water partition coefficient (Wildman–Crippen LogP) is -0.00300. The maximum atomic E-state index is 10.3. The molecule has 0 saturated heterocycles. The third-order valence-corrected chi connectivity index (χ3v) is 3.64. The number of rotatable bonds is 5. The van der Waals surface area contributed by atoms with Crippen LogP contribution in [0.2, 0.25) is 0 Å². The molecule has 0 amide bonds. The van der Waals surface area contributed by atoms with E-state index in [1.54, 1.807) is 0 Å². The van der Waals surface area contributed by atoms with Crippen LogP contribution in [0.1, 0.15) is 0 Å². The number of hydrogen-bond acceptors (Lipinski definition) is 5. The van der Waals surface area contributed by atoms with E-state index in [2.05, 4.69) is 0 Å². The van der Waals surface area contributed by atoms with Crippen LogP contribution in [0.4, 0.5) is 0 Å². The molecular formula is C5H12NO3OsS3. The molecule has 0 bridgehead atoms. The molecule has 8 heteroatoms. The monoisotopic (exact) mass is 422 g/mol. The summed E-state index contributed by atoms with van der Waals surface area (Å²) in [5, 5.41) is -0.160. The van der Waals surface area contributed by atoms with Crippen LogP contribution in [0, 0.1) is 0 Å². The first-order valence-electron chi connectivity index (χ1n) is 3.23. The zero-order valence-electron chi connectivity index (χ0n) is 7.28. The molecule has 0 aliphatic carbocycles. The van der Waals surface area contributed by atoms with Crippen molar-refractivity contribution in [3.05, 3.63) is 0 Å². The Balaban J connectivity index is 0. The Morgan fingerprint density at radius 1 is 1.54 bits per heavy atom. The van der Waals surface area contributed by atoms with Gasteiger partial charge in [-0.1, -0.05) is 0 Å². The van der Waals surface area contributed by atoms with E-state index >= 15 is 0 Å². The van der Waals surface area contributed by atoms with Crippen molar-refractivity contribution in [3.63, 3.8) is 0 Å². The minimum Gasteiger partial charge on any atom is -0.787 e. The van der Waals surface area contributed by atoms with E-state index in [0.717, 1.165) is 0 Å². The summed E-state index contributed by atoms with van der Waals surface area (Å²) in [6.45, 7) is 0.637. The molecule has 13 heavy (non-hydrogen) atoms. The minimum absolute atomic E-state index is 0. The SMILES string of the molecule is CN(C)CC([S-])CSS(=O)(=O)O.[Os+]. The smallest absolute Gasteiger partial charge is 0.787 e. The van der Waals surface area contributed by atoms with Gasteiger partial charge in [0.15, 0.2) is 0 Å². The van der Waals surface area contributed by atoms with Crippen LogP contribution >= 0.6 is 10.8 Å². The van der Waals surface area contributed by atoms with Gasteiger partial charge in [-0.15, -0.1) is 5.25 Å². The molecular weight excluding hydrogens is 408 g/mol. The number of hydrogen-bond donors (Lipinski definition) is 1. The maximum Gasteiger partial charge on any atom is 1.00 e. The third-order valence-electron chi connectivity index (χ3n) is 0.972. The second-order valence-electron chi connectivity index (χ2n) is 2.60. The molecule has 1 N–H and O–H groups in total. The van der Waals surface area contributed by atoms with Gasteiger partial charge >= 0.3 is 28.9 Å². The van der Waals surface area contributed by atoms with E-state index in [-0.39, 0.29) is 30.8 Å². The van der Waals surface area contributed by atoms with Crippen LogP contribution in [0.15, 0.2) is 0 Å². The molecule has 0 aliphatic heterocycles. The summed E-state index contributed by atoms with van der Waals surface area (Å²) < 4.78 is 28.9. The van der Waals surface area contributed by atoms with Gasteiger partial charge in [0.05, 0.1) is 0 Å². The van der Waals surface area contributed by atoms with Gasteiger partial charge in [0.2, 0.25) is 0 Å². The van der Waals surface area contributed by atoms with Gasteiger partial charge in [0.1, 0.15) is 0 Å². The maximum absolute atomic E-state index is 10.3. The first-order valence-corrected chi connectivity index (χ1v) is 6.65. The molecule has 0 aromatic carbocycles. The zero-order valence-corrected chi connectivity index (χ0v) is 12.3. The summed E-state index contributed by atoms with van der Waals surface area (Å²) in [6.07, 6.45) is 0. The van der Waals surface area contributed by atoms with Crippen LogP contribution in [-0.2, 0) is 41.6 Å². The molecule has 0 aromatic heterocycles. The fourth-order valence-corrected chi connectivity index (χ4v) is 2.82. The fraction of sp³-hybridized carbons (Fsp3) is 1.00. The van der Waals surface area contributed by atoms with Crippen molar-refractivity contribution in [2.75, 3.05) is 26.4 Å². The summed E-state index contributed by atoms with van der Waals surface area (Å²) in [5.41, 5.74) is 0. The van der Waals surface area contributed by atoms with E-state index in [0.29, 0.717) is 17.3 Å². The molecule has 0 spiro atoms. The Morgan fingerprint density at radius 2 is 2.00 bits per heavy atom. The van der Waals surface area contributed by atoms with Crippen molar-refractivity contribution in [1.29, 1.82) is 0 Å². The predicted molar refractivity (Wildman–Crippen MR) is 53.7 cm³/mol. The summed E-state index contributed by atoms with van der Waals surface area (Å²) >= 11 is 4.94. The summed E-state index contributed by atoms with van der Waals surface area (Å²) in [6, 6.07) is 0. The molecule has 1 radical (unpaired) electrons. The van der Waals surface area contributed by atoms with Crippen molar-refractivity contribution in [1.82, 2.24) is 4.90 Å². The normalized spacial score (nSPS) is 13.9. The topological polar surface area (TPSA) is 57.6 Å². The molecule has 0 aromatic rings. The largest absolute Gasteiger partial charge is 1.00 e. The van der Waals surface area contributed by atoms with Crippen LogP contribution < -0.4 is 0 Å². The Kier molecular flexibility index (Phi) is 9.58. The Bertz CT molecular complexity index is 219. The Hall–Kier alpha value is 1.21. The molecule has 81 valence electrons. The van der Waals surface area contributed by atoms with Crippen molar-refractivity contribution >= 4 is 32.6 Å². The molecule has 0 saturated carbocycles. The molecule has 4 nitrogen and oxygen atoms in total. The fourth-order valence-electron chi connectivity index (χ4n) is 0.622. The Labute approximate surface area is 101 Å². The zero-order chi connectivity index (χ0) is 9.78. The van der Waals surface area contributed by atoms with Gasteiger partial charge in [0.25, 0.3) is 0 Å². The quantitative estimate of drug-likeness (QED) is 0.384. The first kappa shape index (κ1) is 16.6. The number of nitrogens with zero attached hydrogens (tertiary/aromatic N) is 1. The summed E-state index contributed by atoms with van der Waals surface area (Å²) in [5.74, 6) is 0.242. The average Bonchev–Trinajstić information content (AvgIpc) is 1.80. The minimum atomic E-state index is -3.92. The van der Waals surface area contributed by atoms with Crippen LogP contribution in [0.25, 0.3) is 0 Å². The van der Waals surface area contributed by atoms with Crippen molar-refractivity contribution in [3.8, 4) is 0 Å². The summed E-state index contributed by atoms with van der Waals surface area (Å²) in [7, 11) is 0.274. The van der Waals surface area contributed by atoms with E-state index in [4.69, 9.17) is 17.2 Å². The van der Waals surface area contributed by atoms with E-state index < -0.39 is 9.15 Å². The summed E-state index contributed by atoms with van der Waals surface area (Å²) in [4.78, 5) is 1.88. The third kappa shape index (κ3) is 13.2. The van der Waals surface area contributed by atoms with Gasteiger partial charge in [0, 0.05) is 0 Å². The standard InChI is InChI=1S/C5H13NO3S3.Os/c1-6(2)3-5(10)4-11-12(7,8)9;/h5,10H,3-4H2,1-2H3,(H,7,8,9);/q;+1/p-1. The van der Waals surface area contributed by atoms with E-state index in [1.807, 2.05) is 19.0 Å². The van der Waals surface area contributed by atoms with E-state index in [9.17, 15) is 8.42 Å². The van der Waals surface area contributed by atoms with Gasteiger partial charge < -0.3 is 17.5 Å². The van der Waals surface area contributed by atoms with Crippen LogP contribution in [-0.4, -0.2) is 49.5 Å². The molecule has 0 heterocycles. The second-order valence-corrected chi connectivity index (χ2v) is 6.66. The molecule has 0 aliphatic rings. The van der Waals surface area contributed by atoms with Gasteiger partial charge in [-0.25, -0.2) is 0 Å². The molecule has 0 rings (SSSR count). The van der Waals surface area contributed by atoms with Crippen molar-refractivity contribution in [2.45, 2.75) is 5.25 Å². The van der Waals surface area contributed by atoms with Gasteiger partial charge in [-0.3, -0.25) is 4.55 Å². The molecule has 0 fully saturated rings. The average molecular weight is 421 g/mol. The molecule has 1 atom stereocenters. The van der Waals surface area contributed by atoms with Gasteiger partial charge in [-0.05, 0) is 37.2 Å². The van der Waals surface area contributed by atoms with Crippen molar-refractivity contribution in [2.24, 2.45) is 0 Å². The van der Waals surface area contributed by atoms with Crippen LogP contribution in [0.3, 0.4) is 0 Å².